The zero-order chi connectivity index (χ0) is 27.7. The summed E-state index contributed by atoms with van der Waals surface area (Å²) in [5.41, 5.74) is -0.557. The van der Waals surface area contributed by atoms with Crippen LogP contribution in [0.2, 0.25) is 0 Å². The second-order valence-corrected chi connectivity index (χ2v) is 10.8. The number of hydrogen-bond acceptors (Lipinski definition) is 4. The van der Waals surface area contributed by atoms with Gasteiger partial charge < -0.3 is 20.1 Å². The van der Waals surface area contributed by atoms with E-state index in [1.165, 1.54) is 6.07 Å². The van der Waals surface area contributed by atoms with Crippen LogP contribution in [0.25, 0.3) is 22.0 Å². The Bertz CT molecular complexity index is 1400. The standard InChI is InChI=1S/C30H34F3N3O2/c1-5-36(4)18-24-14-22-13-23(35-26(22)17-34-24)16-29(38,30(31,32)33)19-28(2,3)25-15-21(11-12-27(25)37)20-9-7-6-8-10-20/h6-15,17,35,37-38H,5,16,18-19H2,1-4H3. The molecule has 2 aromatic heterocycles. The number of hydrogen-bond donors (Lipinski definition) is 3. The summed E-state index contributed by atoms with van der Waals surface area (Å²) in [5, 5.41) is 22.5. The van der Waals surface area contributed by atoms with Crippen molar-refractivity contribution in [3.63, 3.8) is 0 Å². The summed E-state index contributed by atoms with van der Waals surface area (Å²) in [6.45, 7) is 6.72. The zero-order valence-corrected chi connectivity index (χ0v) is 22.1. The number of nitrogens with zero attached hydrogens (tertiary/aromatic N) is 2. The lowest BCUT2D eigenvalue weighted by molar-refractivity contribution is -0.266. The molecule has 1 atom stereocenters. The highest BCUT2D eigenvalue weighted by atomic mass is 19.4. The molecule has 2 heterocycles. The third kappa shape index (κ3) is 5.87. The zero-order valence-electron chi connectivity index (χ0n) is 22.1. The lowest BCUT2D eigenvalue weighted by Crippen LogP contribution is -2.50. The van der Waals surface area contributed by atoms with Gasteiger partial charge in [0.25, 0.3) is 0 Å². The van der Waals surface area contributed by atoms with Gasteiger partial charge in [0.05, 0.1) is 17.4 Å². The topological polar surface area (TPSA) is 72.4 Å². The Hall–Kier alpha value is -3.36. The number of H-pyrrole nitrogens is 1. The molecular weight excluding hydrogens is 491 g/mol. The van der Waals surface area contributed by atoms with Gasteiger partial charge >= 0.3 is 6.18 Å². The molecule has 0 aliphatic rings. The maximum absolute atomic E-state index is 14.4. The van der Waals surface area contributed by atoms with Gasteiger partial charge in [-0.2, -0.15) is 13.2 Å². The minimum atomic E-state index is -4.90. The molecule has 4 aromatic rings. The Labute approximate surface area is 221 Å². The predicted molar refractivity (Wildman–Crippen MR) is 144 cm³/mol. The summed E-state index contributed by atoms with van der Waals surface area (Å²) >= 11 is 0. The molecule has 3 N–H and O–H groups in total. The number of halogens is 3. The van der Waals surface area contributed by atoms with Crippen LogP contribution in [0.3, 0.4) is 0 Å². The summed E-state index contributed by atoms with van der Waals surface area (Å²) in [6, 6.07) is 17.8. The van der Waals surface area contributed by atoms with E-state index in [4.69, 9.17) is 0 Å². The van der Waals surface area contributed by atoms with Crippen molar-refractivity contribution in [1.82, 2.24) is 14.9 Å². The molecule has 202 valence electrons. The first-order valence-corrected chi connectivity index (χ1v) is 12.6. The Morgan fingerprint density at radius 3 is 2.34 bits per heavy atom. The van der Waals surface area contributed by atoms with E-state index in [1.807, 2.05) is 50.4 Å². The van der Waals surface area contributed by atoms with Crippen LogP contribution in [0.1, 0.15) is 44.1 Å². The second kappa shape index (κ2) is 10.4. The number of benzene rings is 2. The van der Waals surface area contributed by atoms with Crippen molar-refractivity contribution in [2.24, 2.45) is 0 Å². The number of alkyl halides is 3. The highest BCUT2D eigenvalue weighted by Crippen LogP contribution is 2.45. The van der Waals surface area contributed by atoms with Gasteiger partial charge in [-0.05, 0) is 60.8 Å². The smallest absolute Gasteiger partial charge is 0.417 e. The Morgan fingerprint density at radius 2 is 1.68 bits per heavy atom. The van der Waals surface area contributed by atoms with Crippen molar-refractivity contribution in [3.8, 4) is 16.9 Å². The number of aliphatic hydroxyl groups is 1. The second-order valence-electron chi connectivity index (χ2n) is 10.8. The van der Waals surface area contributed by atoms with Crippen molar-refractivity contribution in [3.05, 3.63) is 83.8 Å². The van der Waals surface area contributed by atoms with E-state index in [1.54, 1.807) is 38.2 Å². The molecule has 38 heavy (non-hydrogen) atoms. The van der Waals surface area contributed by atoms with E-state index in [2.05, 4.69) is 14.9 Å². The largest absolute Gasteiger partial charge is 0.508 e. The third-order valence-electron chi connectivity index (χ3n) is 7.17. The van der Waals surface area contributed by atoms with Crippen LogP contribution in [0, 0.1) is 0 Å². The first-order valence-electron chi connectivity index (χ1n) is 12.6. The molecule has 0 amide bonds. The van der Waals surface area contributed by atoms with Crippen molar-refractivity contribution in [2.75, 3.05) is 13.6 Å². The predicted octanol–water partition coefficient (Wildman–Crippen LogP) is 6.59. The molecule has 0 saturated carbocycles. The number of phenols is 1. The monoisotopic (exact) mass is 525 g/mol. The molecule has 0 fully saturated rings. The van der Waals surface area contributed by atoms with E-state index < -0.39 is 30.0 Å². The number of nitrogens with one attached hydrogen (secondary N) is 1. The van der Waals surface area contributed by atoms with Gasteiger partial charge in [-0.3, -0.25) is 4.98 Å². The number of pyridine rings is 1. The van der Waals surface area contributed by atoms with Crippen molar-refractivity contribution in [2.45, 2.75) is 57.3 Å². The summed E-state index contributed by atoms with van der Waals surface area (Å²) in [6.07, 6.45) is -4.59. The first kappa shape index (κ1) is 27.7. The van der Waals surface area contributed by atoms with Gasteiger partial charge in [-0.1, -0.05) is 57.2 Å². The van der Waals surface area contributed by atoms with E-state index >= 15 is 0 Å². The molecule has 0 aliphatic carbocycles. The molecule has 2 aromatic carbocycles. The lowest BCUT2D eigenvalue weighted by Gasteiger charge is -2.38. The lowest BCUT2D eigenvalue weighted by atomic mass is 9.72. The number of rotatable bonds is 9. The van der Waals surface area contributed by atoms with E-state index in [-0.39, 0.29) is 11.4 Å². The molecule has 0 bridgehead atoms. The minimum Gasteiger partial charge on any atom is -0.508 e. The summed E-state index contributed by atoms with van der Waals surface area (Å²) in [5.74, 6) is -0.111. The van der Waals surface area contributed by atoms with Crippen LogP contribution in [0.15, 0.2) is 66.9 Å². The molecule has 0 aliphatic heterocycles. The minimum absolute atomic E-state index is 0.111. The molecule has 4 rings (SSSR count). The molecule has 5 nitrogen and oxygen atoms in total. The van der Waals surface area contributed by atoms with Crippen LogP contribution in [-0.4, -0.2) is 50.5 Å². The first-order chi connectivity index (χ1) is 17.8. The highest BCUT2D eigenvalue weighted by Gasteiger charge is 2.56. The number of aromatic nitrogens is 2. The Balaban J connectivity index is 1.65. The van der Waals surface area contributed by atoms with Crippen LogP contribution in [0.4, 0.5) is 13.2 Å². The average Bonchev–Trinajstić information content (AvgIpc) is 3.24. The van der Waals surface area contributed by atoms with Crippen LogP contribution in [-0.2, 0) is 18.4 Å². The Morgan fingerprint density at radius 1 is 0.974 bits per heavy atom. The maximum Gasteiger partial charge on any atom is 0.417 e. The van der Waals surface area contributed by atoms with Gasteiger partial charge in [-0.25, -0.2) is 0 Å². The number of aromatic amines is 1. The van der Waals surface area contributed by atoms with Crippen molar-refractivity contribution in [1.29, 1.82) is 0 Å². The SMILES string of the molecule is CCN(C)Cc1cc2cc(CC(O)(CC(C)(C)c3cc(-c4ccccc4)ccc3O)C(F)(F)F)[nH]c2cn1. The van der Waals surface area contributed by atoms with E-state index in [9.17, 15) is 23.4 Å². The molecule has 1 unspecified atom stereocenters. The number of fused-ring (bicyclic) bond motifs is 1. The summed E-state index contributed by atoms with van der Waals surface area (Å²) in [7, 11) is 1.97. The number of aromatic hydroxyl groups is 1. The van der Waals surface area contributed by atoms with Gasteiger partial charge in [-0.15, -0.1) is 0 Å². The molecule has 8 heteroatoms. The van der Waals surface area contributed by atoms with Crippen LogP contribution >= 0.6 is 0 Å². The number of phenolic OH excluding ortho intramolecular Hbond substituents is 1. The van der Waals surface area contributed by atoms with Crippen LogP contribution < -0.4 is 0 Å². The molecule has 0 saturated heterocycles. The fraction of sp³-hybridized carbons (Fsp3) is 0.367. The molecular formula is C30H34F3N3O2. The summed E-state index contributed by atoms with van der Waals surface area (Å²) in [4.78, 5) is 9.49. The fourth-order valence-electron chi connectivity index (χ4n) is 5.00. The van der Waals surface area contributed by atoms with Crippen molar-refractivity contribution < 1.29 is 23.4 Å². The van der Waals surface area contributed by atoms with Crippen molar-refractivity contribution >= 4 is 10.9 Å². The van der Waals surface area contributed by atoms with Gasteiger partial charge in [0.1, 0.15) is 5.75 Å². The van der Waals surface area contributed by atoms with Gasteiger partial charge in [0.15, 0.2) is 5.60 Å². The average molecular weight is 526 g/mol. The molecule has 0 spiro atoms. The van der Waals surface area contributed by atoms with Gasteiger partial charge in [0, 0.05) is 29.6 Å². The molecule has 0 radical (unpaired) electrons. The van der Waals surface area contributed by atoms with E-state index in [0.717, 1.165) is 28.8 Å². The maximum atomic E-state index is 14.4. The van der Waals surface area contributed by atoms with Gasteiger partial charge in [0.2, 0.25) is 0 Å². The van der Waals surface area contributed by atoms with E-state index in [0.29, 0.717) is 17.6 Å². The third-order valence-corrected chi connectivity index (χ3v) is 7.17. The normalized spacial score (nSPS) is 14.2. The quantitative estimate of drug-likeness (QED) is 0.231. The Kier molecular flexibility index (Phi) is 7.59. The highest BCUT2D eigenvalue weighted by molar-refractivity contribution is 5.80. The van der Waals surface area contributed by atoms with Crippen LogP contribution in [0.5, 0.6) is 5.75 Å². The fourth-order valence-corrected chi connectivity index (χ4v) is 5.00. The summed E-state index contributed by atoms with van der Waals surface area (Å²) < 4.78 is 43.3.